The quantitative estimate of drug-likeness (QED) is 0.427. The largest absolute Gasteiger partial charge is 0.507 e. The minimum atomic E-state index is -0.611. The molecule has 0 radical (unpaired) electrons. The van der Waals surface area contributed by atoms with Crippen LogP contribution < -0.4 is 5.43 Å². The molecule has 0 fully saturated rings. The van der Waals surface area contributed by atoms with Crippen LogP contribution in [0.5, 0.6) is 11.5 Å². The number of amides is 1. The highest BCUT2D eigenvalue weighted by Crippen LogP contribution is 2.27. The molecule has 0 heterocycles. The molecule has 0 atom stereocenters. The molecule has 0 saturated carbocycles. The number of hydrogen-bond acceptors (Lipinski definition) is 5. The van der Waals surface area contributed by atoms with Crippen LogP contribution in [0.25, 0.3) is 0 Å². The summed E-state index contributed by atoms with van der Waals surface area (Å²) in [6, 6.07) is 10.3. The minimum Gasteiger partial charge on any atom is -0.507 e. The van der Waals surface area contributed by atoms with E-state index in [1.165, 1.54) is 30.3 Å². The number of benzene rings is 2. The van der Waals surface area contributed by atoms with Gasteiger partial charge in [0.05, 0.1) is 16.7 Å². The summed E-state index contributed by atoms with van der Waals surface area (Å²) < 4.78 is 0. The van der Waals surface area contributed by atoms with E-state index in [-0.39, 0.29) is 22.4 Å². The summed E-state index contributed by atoms with van der Waals surface area (Å²) in [5.41, 5.74) is 3.05. The van der Waals surface area contributed by atoms with E-state index in [4.69, 9.17) is 0 Å². The highest BCUT2D eigenvalue weighted by atomic mass is 16.3. The number of phenols is 2. The molecular formula is C19H20N2O4. The van der Waals surface area contributed by atoms with Crippen LogP contribution >= 0.6 is 0 Å². The van der Waals surface area contributed by atoms with Gasteiger partial charge in [-0.3, -0.25) is 9.59 Å². The van der Waals surface area contributed by atoms with Gasteiger partial charge in [-0.2, -0.15) is 5.10 Å². The van der Waals surface area contributed by atoms with Crippen molar-refractivity contribution in [3.8, 4) is 11.5 Å². The summed E-state index contributed by atoms with van der Waals surface area (Å²) in [5, 5.41) is 24.1. The van der Waals surface area contributed by atoms with Gasteiger partial charge in [0.25, 0.3) is 5.91 Å². The average Bonchev–Trinajstić information content (AvgIpc) is 2.60. The van der Waals surface area contributed by atoms with Gasteiger partial charge in [-0.15, -0.1) is 0 Å². The number of hydrazone groups is 1. The van der Waals surface area contributed by atoms with Gasteiger partial charge in [0.2, 0.25) is 0 Å². The number of rotatable bonds is 6. The number of aromatic hydroxyl groups is 2. The molecule has 25 heavy (non-hydrogen) atoms. The molecule has 0 saturated heterocycles. The van der Waals surface area contributed by atoms with E-state index in [0.717, 1.165) is 18.6 Å². The first-order valence-electron chi connectivity index (χ1n) is 7.93. The first-order chi connectivity index (χ1) is 12.0. The second kappa shape index (κ2) is 8.10. The third-order valence-electron chi connectivity index (χ3n) is 3.63. The molecule has 0 spiro atoms. The fourth-order valence-electron chi connectivity index (χ4n) is 2.34. The molecule has 6 heteroatoms. The number of ketones is 1. The Hall–Kier alpha value is -3.15. The van der Waals surface area contributed by atoms with Gasteiger partial charge < -0.3 is 10.2 Å². The Balaban J connectivity index is 2.31. The Morgan fingerprint density at radius 1 is 1.00 bits per heavy atom. The van der Waals surface area contributed by atoms with Crippen LogP contribution in [0.3, 0.4) is 0 Å². The number of nitrogens with zero attached hydrogens (tertiary/aromatic N) is 1. The zero-order valence-corrected chi connectivity index (χ0v) is 14.1. The smallest absolute Gasteiger partial charge is 0.275 e. The summed E-state index contributed by atoms with van der Waals surface area (Å²) in [6.07, 6.45) is 1.65. The summed E-state index contributed by atoms with van der Waals surface area (Å²) in [6.45, 7) is 3.79. The van der Waals surface area contributed by atoms with Crippen molar-refractivity contribution < 1.29 is 19.8 Å². The molecule has 1 amide bonds. The number of carbonyl (C=O) groups excluding carboxylic acids is 2. The molecule has 2 aromatic carbocycles. The fourth-order valence-corrected chi connectivity index (χ4v) is 2.34. The van der Waals surface area contributed by atoms with Crippen LogP contribution in [0.1, 0.15) is 53.0 Å². The SMILES string of the molecule is CCC/C(C)=N/NC(=O)c1cccc(C(=O)c2ccccc2O)c1O. The van der Waals surface area contributed by atoms with Gasteiger partial charge >= 0.3 is 0 Å². The lowest BCUT2D eigenvalue weighted by molar-refractivity contribution is 0.0952. The first kappa shape index (κ1) is 18.2. The predicted octanol–water partition coefficient (Wildman–Crippen LogP) is 3.23. The number of phenolic OH excluding ortho intramolecular Hbond substituents is 2. The summed E-state index contributed by atoms with van der Waals surface area (Å²) in [7, 11) is 0. The lowest BCUT2D eigenvalue weighted by Crippen LogP contribution is -2.20. The summed E-state index contributed by atoms with van der Waals surface area (Å²) >= 11 is 0. The van der Waals surface area contributed by atoms with Gasteiger partial charge in [-0.05, 0) is 37.6 Å². The normalized spacial score (nSPS) is 11.2. The number of para-hydroxylation sites is 2. The van der Waals surface area contributed by atoms with Gasteiger partial charge in [0, 0.05) is 5.71 Å². The maximum absolute atomic E-state index is 12.5. The zero-order valence-electron chi connectivity index (χ0n) is 14.1. The van der Waals surface area contributed by atoms with Crippen LogP contribution in [0.4, 0.5) is 0 Å². The first-order valence-corrected chi connectivity index (χ1v) is 7.93. The van der Waals surface area contributed by atoms with Crippen LogP contribution in [-0.4, -0.2) is 27.6 Å². The molecule has 2 rings (SSSR count). The molecule has 0 aromatic heterocycles. The van der Waals surface area contributed by atoms with Gasteiger partial charge in [-0.25, -0.2) is 5.43 Å². The number of carbonyl (C=O) groups is 2. The Bertz CT molecular complexity index is 828. The molecule has 130 valence electrons. The molecule has 0 bridgehead atoms. The molecule has 3 N–H and O–H groups in total. The molecule has 0 aliphatic heterocycles. The van der Waals surface area contributed by atoms with E-state index in [1.54, 1.807) is 19.1 Å². The van der Waals surface area contributed by atoms with Gasteiger partial charge in [0.15, 0.2) is 5.78 Å². The standard InChI is InChI=1S/C19H20N2O4/c1-3-7-12(2)20-21-19(25)15-10-6-9-14(18(15)24)17(23)13-8-4-5-11-16(13)22/h4-6,8-11,22,24H,3,7H2,1-2H3,(H,21,25)/b20-12+. The maximum atomic E-state index is 12.5. The van der Waals surface area contributed by atoms with E-state index in [0.29, 0.717) is 0 Å². The third kappa shape index (κ3) is 4.23. The van der Waals surface area contributed by atoms with Crippen LogP contribution in [0, 0.1) is 0 Å². The Morgan fingerprint density at radius 2 is 1.64 bits per heavy atom. The van der Waals surface area contributed by atoms with E-state index in [9.17, 15) is 19.8 Å². The third-order valence-corrected chi connectivity index (χ3v) is 3.63. The summed E-state index contributed by atoms with van der Waals surface area (Å²) in [5.74, 6) is -1.83. The van der Waals surface area contributed by atoms with Crippen LogP contribution in [0.2, 0.25) is 0 Å². The molecular weight excluding hydrogens is 320 g/mol. The van der Waals surface area contributed by atoms with Crippen molar-refractivity contribution in [1.29, 1.82) is 0 Å². The van der Waals surface area contributed by atoms with Crippen molar-refractivity contribution in [3.63, 3.8) is 0 Å². The Morgan fingerprint density at radius 3 is 2.32 bits per heavy atom. The highest BCUT2D eigenvalue weighted by Gasteiger charge is 2.21. The average molecular weight is 340 g/mol. The second-order valence-corrected chi connectivity index (χ2v) is 5.59. The van der Waals surface area contributed by atoms with Crippen molar-refractivity contribution in [1.82, 2.24) is 5.43 Å². The van der Waals surface area contributed by atoms with Crippen molar-refractivity contribution in [3.05, 3.63) is 59.2 Å². The highest BCUT2D eigenvalue weighted by molar-refractivity contribution is 6.14. The van der Waals surface area contributed by atoms with Crippen molar-refractivity contribution in [2.45, 2.75) is 26.7 Å². The van der Waals surface area contributed by atoms with Gasteiger partial charge in [0.1, 0.15) is 11.5 Å². The Labute approximate surface area is 145 Å². The van der Waals surface area contributed by atoms with Gasteiger partial charge in [-0.1, -0.05) is 31.5 Å². The van der Waals surface area contributed by atoms with E-state index < -0.39 is 17.4 Å². The van der Waals surface area contributed by atoms with Crippen LogP contribution in [-0.2, 0) is 0 Å². The topological polar surface area (TPSA) is 99.0 Å². The minimum absolute atomic E-state index is 0.0483. The predicted molar refractivity (Wildman–Crippen MR) is 95.1 cm³/mol. The van der Waals surface area contributed by atoms with E-state index in [2.05, 4.69) is 10.5 Å². The molecule has 0 aliphatic carbocycles. The number of nitrogens with one attached hydrogen (secondary N) is 1. The Kier molecular flexibility index (Phi) is 5.89. The van der Waals surface area contributed by atoms with Crippen molar-refractivity contribution in [2.75, 3.05) is 0 Å². The van der Waals surface area contributed by atoms with Crippen molar-refractivity contribution >= 4 is 17.4 Å². The molecule has 2 aromatic rings. The monoisotopic (exact) mass is 340 g/mol. The van der Waals surface area contributed by atoms with E-state index >= 15 is 0 Å². The second-order valence-electron chi connectivity index (χ2n) is 5.59. The van der Waals surface area contributed by atoms with E-state index in [1.807, 2.05) is 6.92 Å². The number of hydrogen-bond donors (Lipinski definition) is 3. The molecule has 0 aliphatic rings. The fraction of sp³-hybridized carbons (Fsp3) is 0.211. The maximum Gasteiger partial charge on any atom is 0.275 e. The zero-order chi connectivity index (χ0) is 18.4. The molecule has 0 unspecified atom stereocenters. The lowest BCUT2D eigenvalue weighted by Gasteiger charge is -2.09. The molecule has 6 nitrogen and oxygen atoms in total. The lowest BCUT2D eigenvalue weighted by atomic mass is 9.99. The van der Waals surface area contributed by atoms with Crippen LogP contribution in [0.15, 0.2) is 47.6 Å². The summed E-state index contributed by atoms with van der Waals surface area (Å²) in [4.78, 5) is 24.7. The van der Waals surface area contributed by atoms with Crippen molar-refractivity contribution in [2.24, 2.45) is 5.10 Å².